The number of halogens is 3. The number of anilines is 1. The lowest BCUT2D eigenvalue weighted by molar-refractivity contribution is -0.137. The molecule has 0 aliphatic carbocycles. The van der Waals surface area contributed by atoms with Crippen molar-refractivity contribution in [2.45, 2.75) is 31.9 Å². The third kappa shape index (κ3) is 3.14. The second-order valence-corrected chi connectivity index (χ2v) is 4.45. The summed E-state index contributed by atoms with van der Waals surface area (Å²) in [6.45, 7) is 1.90. The Morgan fingerprint density at radius 1 is 0.824 bits per heavy atom. The Kier molecular flexibility index (Phi) is 3.60. The van der Waals surface area contributed by atoms with Gasteiger partial charge in [0.05, 0.1) is 5.56 Å². The van der Waals surface area contributed by atoms with Crippen molar-refractivity contribution in [3.05, 3.63) is 29.8 Å². The molecule has 1 nitrogen and oxygen atoms in total. The van der Waals surface area contributed by atoms with Crippen molar-refractivity contribution < 1.29 is 13.2 Å². The van der Waals surface area contributed by atoms with E-state index in [4.69, 9.17) is 0 Å². The topological polar surface area (TPSA) is 3.24 Å². The van der Waals surface area contributed by atoms with Crippen LogP contribution in [0, 0.1) is 0 Å². The van der Waals surface area contributed by atoms with E-state index in [0.29, 0.717) is 0 Å². The van der Waals surface area contributed by atoms with E-state index in [-0.39, 0.29) is 0 Å². The molecule has 1 aliphatic heterocycles. The van der Waals surface area contributed by atoms with Crippen LogP contribution in [0.25, 0.3) is 0 Å². The van der Waals surface area contributed by atoms with Gasteiger partial charge in [-0.05, 0) is 37.1 Å². The monoisotopic (exact) mass is 243 g/mol. The van der Waals surface area contributed by atoms with Gasteiger partial charge in [0.2, 0.25) is 0 Å². The third-order valence-electron chi connectivity index (χ3n) is 3.17. The van der Waals surface area contributed by atoms with Crippen LogP contribution in [0.15, 0.2) is 24.3 Å². The summed E-state index contributed by atoms with van der Waals surface area (Å²) in [6.07, 6.45) is 0.452. The molecule has 4 heteroatoms. The highest BCUT2D eigenvalue weighted by Crippen LogP contribution is 2.30. The highest BCUT2D eigenvalue weighted by Gasteiger charge is 2.30. The van der Waals surface area contributed by atoms with Crippen LogP contribution in [0.3, 0.4) is 0 Å². The largest absolute Gasteiger partial charge is 0.416 e. The van der Waals surface area contributed by atoms with Gasteiger partial charge in [0.25, 0.3) is 0 Å². The number of benzene rings is 1. The zero-order valence-electron chi connectivity index (χ0n) is 9.63. The van der Waals surface area contributed by atoms with Crippen LogP contribution >= 0.6 is 0 Å². The molecular weight excluding hydrogens is 227 g/mol. The van der Waals surface area contributed by atoms with Crippen molar-refractivity contribution in [1.82, 2.24) is 0 Å². The molecule has 1 aliphatic rings. The van der Waals surface area contributed by atoms with Gasteiger partial charge >= 0.3 is 6.18 Å². The average Bonchev–Trinajstić information content (AvgIpc) is 2.56. The fourth-order valence-electron chi connectivity index (χ4n) is 2.19. The van der Waals surface area contributed by atoms with Crippen LogP contribution in [0.4, 0.5) is 18.9 Å². The Hall–Kier alpha value is -1.19. The Morgan fingerprint density at radius 3 is 1.82 bits per heavy atom. The summed E-state index contributed by atoms with van der Waals surface area (Å²) >= 11 is 0. The Morgan fingerprint density at radius 2 is 1.35 bits per heavy atom. The van der Waals surface area contributed by atoms with Crippen molar-refractivity contribution in [3.63, 3.8) is 0 Å². The summed E-state index contributed by atoms with van der Waals surface area (Å²) in [6, 6.07) is 5.49. The third-order valence-corrected chi connectivity index (χ3v) is 3.17. The second kappa shape index (κ2) is 4.98. The predicted molar refractivity (Wildman–Crippen MR) is 62.1 cm³/mol. The molecule has 1 fully saturated rings. The minimum Gasteiger partial charge on any atom is -0.372 e. The predicted octanol–water partition coefficient (Wildman–Crippen LogP) is 4.09. The number of alkyl halides is 3. The molecule has 1 heterocycles. The fourth-order valence-corrected chi connectivity index (χ4v) is 2.19. The first kappa shape index (κ1) is 12.3. The molecule has 1 aromatic rings. The van der Waals surface area contributed by atoms with Gasteiger partial charge in [0, 0.05) is 18.8 Å². The molecule has 1 saturated heterocycles. The van der Waals surface area contributed by atoms with Crippen molar-refractivity contribution in [2.24, 2.45) is 0 Å². The molecule has 0 N–H and O–H groups in total. The van der Waals surface area contributed by atoms with Gasteiger partial charge in [0.1, 0.15) is 0 Å². The van der Waals surface area contributed by atoms with Crippen LogP contribution < -0.4 is 4.90 Å². The molecule has 94 valence electrons. The maximum absolute atomic E-state index is 12.4. The Balaban J connectivity index is 2.11. The standard InChI is InChI=1S/C13H16F3N/c14-13(15,16)11-5-7-12(8-6-11)17-9-3-1-2-4-10-17/h5-8H,1-4,9-10H2. The maximum atomic E-state index is 12.4. The van der Waals surface area contributed by atoms with Gasteiger partial charge in [0.15, 0.2) is 0 Å². The van der Waals surface area contributed by atoms with Gasteiger partial charge in [-0.3, -0.25) is 0 Å². The second-order valence-electron chi connectivity index (χ2n) is 4.45. The lowest BCUT2D eigenvalue weighted by Crippen LogP contribution is -2.23. The molecule has 1 aromatic carbocycles. The minimum absolute atomic E-state index is 0.573. The van der Waals surface area contributed by atoms with Crippen molar-refractivity contribution in [3.8, 4) is 0 Å². The van der Waals surface area contributed by atoms with E-state index in [1.165, 1.54) is 25.0 Å². The van der Waals surface area contributed by atoms with E-state index >= 15 is 0 Å². The van der Waals surface area contributed by atoms with E-state index in [9.17, 15) is 13.2 Å². The molecule has 0 unspecified atom stereocenters. The van der Waals surface area contributed by atoms with E-state index in [0.717, 1.165) is 31.6 Å². The van der Waals surface area contributed by atoms with Crippen molar-refractivity contribution in [1.29, 1.82) is 0 Å². The van der Waals surface area contributed by atoms with Gasteiger partial charge in [-0.25, -0.2) is 0 Å². The SMILES string of the molecule is FC(F)(F)c1ccc(N2CCCCCC2)cc1. The van der Waals surface area contributed by atoms with Crippen LogP contribution in [0.2, 0.25) is 0 Å². The van der Waals surface area contributed by atoms with Gasteiger partial charge in [-0.2, -0.15) is 13.2 Å². The van der Waals surface area contributed by atoms with E-state index in [1.807, 2.05) is 0 Å². The van der Waals surface area contributed by atoms with Crippen LogP contribution in [-0.2, 0) is 6.18 Å². The Labute approximate surface area is 99.2 Å². The summed E-state index contributed by atoms with van der Waals surface area (Å²) in [4.78, 5) is 2.17. The van der Waals surface area contributed by atoms with Crippen molar-refractivity contribution in [2.75, 3.05) is 18.0 Å². The quantitative estimate of drug-likeness (QED) is 0.718. The summed E-state index contributed by atoms with van der Waals surface area (Å²) in [5, 5.41) is 0. The number of hydrogen-bond acceptors (Lipinski definition) is 1. The molecule has 0 amide bonds. The summed E-state index contributed by atoms with van der Waals surface area (Å²) in [5.41, 5.74) is 0.330. The van der Waals surface area contributed by atoms with Crippen LogP contribution in [-0.4, -0.2) is 13.1 Å². The molecular formula is C13H16F3N. The zero-order valence-corrected chi connectivity index (χ0v) is 9.63. The molecule has 17 heavy (non-hydrogen) atoms. The van der Waals surface area contributed by atoms with Crippen molar-refractivity contribution >= 4 is 5.69 Å². The summed E-state index contributed by atoms with van der Waals surface area (Å²) < 4.78 is 37.2. The zero-order chi connectivity index (χ0) is 12.3. The smallest absolute Gasteiger partial charge is 0.372 e. The molecule has 0 saturated carbocycles. The fraction of sp³-hybridized carbons (Fsp3) is 0.538. The van der Waals surface area contributed by atoms with E-state index in [1.54, 1.807) is 12.1 Å². The normalized spacial score (nSPS) is 17.9. The molecule has 0 atom stereocenters. The number of nitrogens with zero attached hydrogens (tertiary/aromatic N) is 1. The van der Waals surface area contributed by atoms with Gasteiger partial charge in [-0.15, -0.1) is 0 Å². The summed E-state index contributed by atoms with van der Waals surface area (Å²) in [5.74, 6) is 0. The lowest BCUT2D eigenvalue weighted by Gasteiger charge is -2.23. The summed E-state index contributed by atoms with van der Waals surface area (Å²) in [7, 11) is 0. The van der Waals surface area contributed by atoms with E-state index in [2.05, 4.69) is 4.90 Å². The number of rotatable bonds is 1. The molecule has 2 rings (SSSR count). The maximum Gasteiger partial charge on any atom is 0.416 e. The van der Waals surface area contributed by atoms with Gasteiger partial charge < -0.3 is 4.90 Å². The lowest BCUT2D eigenvalue weighted by atomic mass is 10.2. The van der Waals surface area contributed by atoms with Crippen LogP contribution in [0.5, 0.6) is 0 Å². The molecule has 0 spiro atoms. The Bertz CT molecular complexity index is 348. The number of hydrogen-bond donors (Lipinski definition) is 0. The first-order chi connectivity index (χ1) is 8.07. The first-order valence-corrected chi connectivity index (χ1v) is 5.99. The molecule has 0 bridgehead atoms. The highest BCUT2D eigenvalue weighted by atomic mass is 19.4. The average molecular weight is 243 g/mol. The van der Waals surface area contributed by atoms with Gasteiger partial charge in [-0.1, -0.05) is 12.8 Å². The molecule has 0 aromatic heterocycles. The molecule has 0 radical (unpaired) electrons. The minimum atomic E-state index is -4.24. The highest BCUT2D eigenvalue weighted by molar-refractivity contribution is 5.48. The van der Waals surface area contributed by atoms with Crippen LogP contribution in [0.1, 0.15) is 31.2 Å². The van der Waals surface area contributed by atoms with E-state index < -0.39 is 11.7 Å². The first-order valence-electron chi connectivity index (χ1n) is 5.99.